The zero-order valence-electron chi connectivity index (χ0n) is 11.3. The molecule has 0 saturated carbocycles. The minimum atomic E-state index is -2.89. The minimum absolute atomic E-state index is 0.0347. The molecule has 3 N–H and O–H groups in total. The molecule has 0 aliphatic carbocycles. The van der Waals surface area contributed by atoms with Gasteiger partial charge in [0.25, 0.3) is 0 Å². The first-order valence-corrected chi connectivity index (χ1v) is 9.05. The Hall–Kier alpha value is -0.630. The molecule has 0 amide bonds. The van der Waals surface area contributed by atoms with Crippen LogP contribution in [0, 0.1) is 5.92 Å². The van der Waals surface area contributed by atoms with Crippen molar-refractivity contribution in [3.05, 3.63) is 28.2 Å². The Kier molecular flexibility index (Phi) is 5.06. The lowest BCUT2D eigenvalue weighted by Gasteiger charge is -2.22. The molecule has 20 heavy (non-hydrogen) atoms. The quantitative estimate of drug-likeness (QED) is 0.608. The van der Waals surface area contributed by atoms with Gasteiger partial charge in [-0.1, -0.05) is 6.07 Å². The van der Waals surface area contributed by atoms with E-state index in [4.69, 9.17) is 10.6 Å². The minimum Gasteiger partial charge on any atom is -0.496 e. The van der Waals surface area contributed by atoms with Gasteiger partial charge in [0.05, 0.1) is 23.1 Å². The van der Waals surface area contributed by atoms with Crippen molar-refractivity contribution in [1.82, 2.24) is 5.43 Å². The van der Waals surface area contributed by atoms with E-state index in [9.17, 15) is 8.42 Å². The molecule has 2 atom stereocenters. The van der Waals surface area contributed by atoms with Gasteiger partial charge >= 0.3 is 0 Å². The predicted molar refractivity (Wildman–Crippen MR) is 82.3 cm³/mol. The summed E-state index contributed by atoms with van der Waals surface area (Å²) in [5.74, 6) is 6.94. The highest BCUT2D eigenvalue weighted by Gasteiger charge is 2.33. The number of rotatable bonds is 5. The van der Waals surface area contributed by atoms with Crippen molar-refractivity contribution in [1.29, 1.82) is 0 Å². The van der Waals surface area contributed by atoms with E-state index < -0.39 is 9.84 Å². The Balaban J connectivity index is 2.09. The number of nitrogens with two attached hydrogens (primary N) is 1. The van der Waals surface area contributed by atoms with Crippen LogP contribution in [0.1, 0.15) is 12.0 Å². The highest BCUT2D eigenvalue weighted by Crippen LogP contribution is 2.28. The molecule has 2 unspecified atom stereocenters. The zero-order chi connectivity index (χ0) is 14.8. The first-order valence-electron chi connectivity index (χ1n) is 6.44. The van der Waals surface area contributed by atoms with Gasteiger partial charge < -0.3 is 4.74 Å². The van der Waals surface area contributed by atoms with Gasteiger partial charge in [0, 0.05) is 6.04 Å². The number of sulfone groups is 1. The maximum atomic E-state index is 11.6. The number of hydrazine groups is 1. The molecular formula is C13H19BrN2O3S. The van der Waals surface area contributed by atoms with E-state index in [0.29, 0.717) is 12.8 Å². The van der Waals surface area contributed by atoms with Gasteiger partial charge in [0.2, 0.25) is 0 Å². The van der Waals surface area contributed by atoms with Crippen molar-refractivity contribution < 1.29 is 13.2 Å². The first-order chi connectivity index (χ1) is 9.45. The molecule has 5 nitrogen and oxygen atoms in total. The fraction of sp³-hybridized carbons (Fsp3) is 0.538. The molecule has 0 aromatic heterocycles. The van der Waals surface area contributed by atoms with Gasteiger partial charge in [-0.25, -0.2) is 8.42 Å². The smallest absolute Gasteiger partial charge is 0.150 e. The molecule has 1 aliphatic heterocycles. The summed E-state index contributed by atoms with van der Waals surface area (Å²) >= 11 is 3.45. The van der Waals surface area contributed by atoms with E-state index in [0.717, 1.165) is 15.8 Å². The van der Waals surface area contributed by atoms with Crippen LogP contribution in [0.2, 0.25) is 0 Å². The fourth-order valence-electron chi connectivity index (χ4n) is 2.59. The molecule has 112 valence electrons. The Bertz CT molecular complexity index is 577. The van der Waals surface area contributed by atoms with Crippen LogP contribution >= 0.6 is 15.9 Å². The van der Waals surface area contributed by atoms with Crippen LogP contribution in [0.15, 0.2) is 22.7 Å². The van der Waals surface area contributed by atoms with Gasteiger partial charge in [-0.05, 0) is 52.4 Å². The lowest BCUT2D eigenvalue weighted by atomic mass is 9.93. The highest BCUT2D eigenvalue weighted by molar-refractivity contribution is 9.10. The number of hydrogen-bond acceptors (Lipinski definition) is 5. The summed E-state index contributed by atoms with van der Waals surface area (Å²) in [6.45, 7) is 0. The second-order valence-corrected chi connectivity index (χ2v) is 8.19. The second kappa shape index (κ2) is 6.43. The molecule has 1 fully saturated rings. The average Bonchev–Trinajstić information content (AvgIpc) is 2.76. The van der Waals surface area contributed by atoms with Crippen LogP contribution in [0.5, 0.6) is 5.75 Å². The Labute approximate surface area is 127 Å². The molecule has 0 bridgehead atoms. The molecule has 0 radical (unpaired) electrons. The summed E-state index contributed by atoms with van der Waals surface area (Å²) in [7, 11) is -1.27. The third kappa shape index (κ3) is 3.72. The van der Waals surface area contributed by atoms with E-state index in [2.05, 4.69) is 21.4 Å². The first kappa shape index (κ1) is 15.8. The molecule has 7 heteroatoms. The van der Waals surface area contributed by atoms with Gasteiger partial charge in [-0.3, -0.25) is 11.3 Å². The third-order valence-corrected chi connectivity index (χ3v) is 6.14. The van der Waals surface area contributed by atoms with Crippen LogP contribution in [-0.4, -0.2) is 33.1 Å². The topological polar surface area (TPSA) is 81.4 Å². The van der Waals surface area contributed by atoms with Crippen molar-refractivity contribution in [2.24, 2.45) is 11.8 Å². The van der Waals surface area contributed by atoms with E-state index in [-0.39, 0.29) is 23.5 Å². The van der Waals surface area contributed by atoms with Gasteiger partial charge in [-0.15, -0.1) is 0 Å². The van der Waals surface area contributed by atoms with Crippen LogP contribution < -0.4 is 16.0 Å². The van der Waals surface area contributed by atoms with Crippen LogP contribution in [-0.2, 0) is 16.3 Å². The largest absolute Gasteiger partial charge is 0.496 e. The van der Waals surface area contributed by atoms with Crippen LogP contribution in [0.3, 0.4) is 0 Å². The van der Waals surface area contributed by atoms with Gasteiger partial charge in [-0.2, -0.15) is 0 Å². The highest BCUT2D eigenvalue weighted by atomic mass is 79.9. The maximum absolute atomic E-state index is 11.6. The zero-order valence-corrected chi connectivity index (χ0v) is 13.7. The van der Waals surface area contributed by atoms with Crippen molar-refractivity contribution in [2.75, 3.05) is 18.6 Å². The fourth-order valence-corrected chi connectivity index (χ4v) is 5.06. The van der Waals surface area contributed by atoms with Gasteiger partial charge in [0.15, 0.2) is 9.84 Å². The van der Waals surface area contributed by atoms with E-state index >= 15 is 0 Å². The van der Waals surface area contributed by atoms with Gasteiger partial charge in [0.1, 0.15) is 5.75 Å². The van der Waals surface area contributed by atoms with Crippen molar-refractivity contribution >= 4 is 25.8 Å². The normalized spacial score (nSPS) is 22.6. The van der Waals surface area contributed by atoms with E-state index in [1.807, 2.05) is 18.2 Å². The summed E-state index contributed by atoms with van der Waals surface area (Å²) in [6.07, 6.45) is 1.37. The molecule has 1 saturated heterocycles. The summed E-state index contributed by atoms with van der Waals surface area (Å²) in [6, 6.07) is 5.80. The molecule has 0 spiro atoms. The monoisotopic (exact) mass is 362 g/mol. The third-order valence-electron chi connectivity index (χ3n) is 3.72. The Morgan fingerprint density at radius 3 is 2.80 bits per heavy atom. The number of ether oxygens (including phenoxy) is 1. The maximum Gasteiger partial charge on any atom is 0.150 e. The van der Waals surface area contributed by atoms with Crippen molar-refractivity contribution in [3.63, 3.8) is 0 Å². The van der Waals surface area contributed by atoms with Crippen LogP contribution in [0.4, 0.5) is 0 Å². The molecular weight excluding hydrogens is 344 g/mol. The number of nitrogens with one attached hydrogen (secondary N) is 1. The molecule has 1 aromatic rings. The number of methoxy groups -OCH3 is 1. The second-order valence-electron chi connectivity index (χ2n) is 5.11. The Morgan fingerprint density at radius 2 is 2.30 bits per heavy atom. The molecule has 1 aromatic carbocycles. The van der Waals surface area contributed by atoms with E-state index in [1.165, 1.54) is 0 Å². The molecule has 1 heterocycles. The summed E-state index contributed by atoms with van der Waals surface area (Å²) in [5.41, 5.74) is 3.86. The number of benzene rings is 1. The lowest BCUT2D eigenvalue weighted by Crippen LogP contribution is -2.43. The summed E-state index contributed by atoms with van der Waals surface area (Å²) in [5, 5.41) is 0. The SMILES string of the molecule is COc1ccc(CC(NN)C2CCS(=O)(=O)C2)cc1Br. The number of hydrogen-bond donors (Lipinski definition) is 2. The standard InChI is InChI=1S/C13H19BrN2O3S/c1-19-13-3-2-9(6-11(13)14)7-12(16-15)10-4-5-20(17,18)8-10/h2-3,6,10,12,16H,4-5,7-8,15H2,1H3. The Morgan fingerprint density at radius 1 is 1.55 bits per heavy atom. The van der Waals surface area contributed by atoms with Crippen LogP contribution in [0.25, 0.3) is 0 Å². The summed E-state index contributed by atoms with van der Waals surface area (Å²) < 4.78 is 29.2. The molecule has 1 aliphatic rings. The number of halogens is 1. The summed E-state index contributed by atoms with van der Waals surface area (Å²) in [4.78, 5) is 0. The lowest BCUT2D eigenvalue weighted by molar-refractivity contribution is 0.384. The molecule has 2 rings (SSSR count). The van der Waals surface area contributed by atoms with E-state index in [1.54, 1.807) is 7.11 Å². The van der Waals surface area contributed by atoms with Crippen molar-refractivity contribution in [2.45, 2.75) is 18.9 Å². The van der Waals surface area contributed by atoms with Crippen molar-refractivity contribution in [3.8, 4) is 5.75 Å². The average molecular weight is 363 g/mol. The predicted octanol–water partition coefficient (Wildman–Crippen LogP) is 1.27.